The van der Waals surface area contributed by atoms with E-state index in [1.807, 2.05) is 0 Å². The Bertz CT molecular complexity index is 686. The molecule has 0 unspecified atom stereocenters. The Morgan fingerprint density at radius 1 is 1.03 bits per heavy atom. The molecule has 2 aliphatic rings. The van der Waals surface area contributed by atoms with E-state index in [-0.39, 0.29) is 11.8 Å². The molecule has 2 fully saturated rings. The van der Waals surface area contributed by atoms with Crippen molar-refractivity contribution in [3.05, 3.63) is 23.3 Å². The van der Waals surface area contributed by atoms with Gasteiger partial charge >= 0.3 is 0 Å². The molecule has 2 saturated carbocycles. The molecule has 29 heavy (non-hydrogen) atoms. The summed E-state index contributed by atoms with van der Waals surface area (Å²) in [5, 5.41) is 13.6. The molecule has 0 spiro atoms. The first kappa shape index (κ1) is 22.3. The van der Waals surface area contributed by atoms with Crippen LogP contribution in [0.4, 0.5) is 0 Å². The summed E-state index contributed by atoms with van der Waals surface area (Å²) in [5.41, 5.74) is -0.998. The number of hydrogen-bond donors (Lipinski definition) is 2. The van der Waals surface area contributed by atoms with Crippen molar-refractivity contribution in [2.45, 2.75) is 114 Å². The van der Waals surface area contributed by atoms with Gasteiger partial charge in [0.2, 0.25) is 0 Å². The molecule has 2 radical (unpaired) electrons. The van der Waals surface area contributed by atoms with Gasteiger partial charge in [0.1, 0.15) is 25.0 Å². The van der Waals surface area contributed by atoms with E-state index in [0.29, 0.717) is 17.2 Å². The number of amides is 1. The lowest BCUT2D eigenvalue weighted by Crippen LogP contribution is -2.49. The SMILES string of the molecule is [B]C1(NC(=O)c2cc(C(C)(C)O)nc(C3CCCC3)n2)CCCCCCCCC1. The summed E-state index contributed by atoms with van der Waals surface area (Å²) in [4.78, 5) is 22.4. The highest BCUT2D eigenvalue weighted by molar-refractivity contribution is 6.17. The quantitative estimate of drug-likeness (QED) is 0.735. The van der Waals surface area contributed by atoms with E-state index in [2.05, 4.69) is 15.3 Å². The largest absolute Gasteiger partial charge is 0.384 e. The summed E-state index contributed by atoms with van der Waals surface area (Å²) in [7, 11) is 6.65. The third-order valence-electron chi connectivity index (χ3n) is 6.43. The number of carbonyl (C=O) groups excluding carboxylic acids is 1. The van der Waals surface area contributed by atoms with Gasteiger partial charge in [-0.05, 0) is 45.6 Å². The normalized spacial score (nSPS) is 21.6. The molecule has 6 heteroatoms. The minimum Gasteiger partial charge on any atom is -0.384 e. The van der Waals surface area contributed by atoms with Gasteiger partial charge in [-0.25, -0.2) is 9.97 Å². The first-order valence-electron chi connectivity index (χ1n) is 11.5. The molecule has 0 saturated heterocycles. The van der Waals surface area contributed by atoms with E-state index in [9.17, 15) is 9.90 Å². The number of aromatic nitrogens is 2. The molecule has 0 atom stereocenters. The van der Waals surface area contributed by atoms with Crippen LogP contribution in [-0.4, -0.2) is 34.3 Å². The van der Waals surface area contributed by atoms with Crippen LogP contribution in [0, 0.1) is 0 Å². The van der Waals surface area contributed by atoms with Crippen LogP contribution < -0.4 is 5.32 Å². The lowest BCUT2D eigenvalue weighted by atomic mass is 9.69. The second-order valence-corrected chi connectivity index (χ2v) is 9.62. The first-order chi connectivity index (χ1) is 13.8. The number of aliphatic hydroxyl groups is 1. The van der Waals surface area contributed by atoms with Gasteiger partial charge in [-0.1, -0.05) is 57.8 Å². The van der Waals surface area contributed by atoms with Gasteiger partial charge in [-0.3, -0.25) is 4.79 Å². The zero-order chi connectivity index (χ0) is 20.9. The van der Waals surface area contributed by atoms with Crippen molar-refractivity contribution >= 4 is 13.8 Å². The number of carbonyl (C=O) groups is 1. The molecule has 3 rings (SSSR count). The predicted octanol–water partition coefficient (Wildman–Crippen LogP) is 4.48. The zero-order valence-electron chi connectivity index (χ0n) is 18.2. The Balaban J connectivity index is 1.81. The Hall–Kier alpha value is -1.43. The van der Waals surface area contributed by atoms with Gasteiger partial charge < -0.3 is 10.4 Å². The summed E-state index contributed by atoms with van der Waals surface area (Å²) in [6.07, 6.45) is 14.2. The van der Waals surface area contributed by atoms with Crippen LogP contribution in [0.2, 0.25) is 0 Å². The fourth-order valence-corrected chi connectivity index (χ4v) is 4.57. The van der Waals surface area contributed by atoms with Crippen molar-refractivity contribution in [1.29, 1.82) is 0 Å². The lowest BCUT2D eigenvalue weighted by Gasteiger charge is -2.32. The molecule has 0 aromatic carbocycles. The van der Waals surface area contributed by atoms with Crippen molar-refractivity contribution in [2.24, 2.45) is 0 Å². The van der Waals surface area contributed by atoms with Crippen LogP contribution in [0.15, 0.2) is 6.07 Å². The van der Waals surface area contributed by atoms with Crippen LogP contribution >= 0.6 is 0 Å². The van der Waals surface area contributed by atoms with Gasteiger partial charge in [0.05, 0.1) is 5.69 Å². The number of nitrogens with one attached hydrogen (secondary N) is 1. The minimum absolute atomic E-state index is 0.253. The predicted molar refractivity (Wildman–Crippen MR) is 116 cm³/mol. The molecule has 158 valence electrons. The smallest absolute Gasteiger partial charge is 0.269 e. The number of nitrogens with zero attached hydrogens (tertiary/aromatic N) is 2. The maximum atomic E-state index is 13.2. The summed E-state index contributed by atoms with van der Waals surface area (Å²) < 4.78 is 0. The van der Waals surface area contributed by atoms with Gasteiger partial charge in [0.15, 0.2) is 0 Å². The van der Waals surface area contributed by atoms with E-state index in [4.69, 9.17) is 7.85 Å². The van der Waals surface area contributed by atoms with Crippen LogP contribution in [0.25, 0.3) is 0 Å². The topological polar surface area (TPSA) is 75.1 Å². The van der Waals surface area contributed by atoms with Gasteiger partial charge in [0, 0.05) is 11.4 Å². The average molecular weight is 397 g/mol. The fraction of sp³-hybridized carbons (Fsp3) is 0.783. The summed E-state index contributed by atoms with van der Waals surface area (Å²) in [6, 6.07) is 1.62. The zero-order valence-corrected chi connectivity index (χ0v) is 18.2. The Morgan fingerprint density at radius 3 is 2.14 bits per heavy atom. The highest BCUT2D eigenvalue weighted by atomic mass is 16.3. The Labute approximate surface area is 176 Å². The Kier molecular flexibility index (Phi) is 7.36. The van der Waals surface area contributed by atoms with Crippen molar-refractivity contribution in [2.75, 3.05) is 0 Å². The van der Waals surface area contributed by atoms with Crippen LogP contribution in [0.1, 0.15) is 125 Å². The van der Waals surface area contributed by atoms with E-state index in [0.717, 1.165) is 64.2 Å². The lowest BCUT2D eigenvalue weighted by molar-refractivity contribution is 0.0730. The molecule has 1 aromatic rings. The average Bonchev–Trinajstić information content (AvgIpc) is 3.21. The van der Waals surface area contributed by atoms with Crippen LogP contribution in [0.3, 0.4) is 0 Å². The van der Waals surface area contributed by atoms with Gasteiger partial charge in [-0.15, -0.1) is 0 Å². The molecule has 0 bridgehead atoms. The van der Waals surface area contributed by atoms with Crippen molar-refractivity contribution in [3.63, 3.8) is 0 Å². The van der Waals surface area contributed by atoms with Crippen molar-refractivity contribution in [3.8, 4) is 0 Å². The van der Waals surface area contributed by atoms with Crippen LogP contribution in [0.5, 0.6) is 0 Å². The molecule has 5 nitrogen and oxygen atoms in total. The van der Waals surface area contributed by atoms with Gasteiger partial charge in [0.25, 0.3) is 5.91 Å². The summed E-state index contributed by atoms with van der Waals surface area (Å²) >= 11 is 0. The molecule has 1 amide bonds. The third kappa shape index (κ3) is 6.27. The highest BCUT2D eigenvalue weighted by Crippen LogP contribution is 2.33. The molecular formula is C23H36BN3O2. The third-order valence-corrected chi connectivity index (χ3v) is 6.43. The molecule has 1 aromatic heterocycles. The molecular weight excluding hydrogens is 361 g/mol. The van der Waals surface area contributed by atoms with E-state index >= 15 is 0 Å². The molecule has 2 N–H and O–H groups in total. The summed E-state index contributed by atoms with van der Waals surface area (Å²) in [5.74, 6) is 0.699. The minimum atomic E-state index is -1.12. The molecule has 2 aliphatic carbocycles. The number of rotatable bonds is 4. The maximum Gasteiger partial charge on any atom is 0.269 e. The Morgan fingerprint density at radius 2 is 1.59 bits per heavy atom. The van der Waals surface area contributed by atoms with Crippen LogP contribution in [-0.2, 0) is 5.60 Å². The summed E-state index contributed by atoms with van der Waals surface area (Å²) in [6.45, 7) is 3.39. The monoisotopic (exact) mass is 397 g/mol. The first-order valence-corrected chi connectivity index (χ1v) is 11.5. The highest BCUT2D eigenvalue weighted by Gasteiger charge is 2.30. The van der Waals surface area contributed by atoms with Gasteiger partial charge in [-0.2, -0.15) is 0 Å². The fourth-order valence-electron chi connectivity index (χ4n) is 4.57. The van der Waals surface area contributed by atoms with E-state index in [1.54, 1.807) is 19.9 Å². The second-order valence-electron chi connectivity index (χ2n) is 9.62. The molecule has 1 heterocycles. The van der Waals surface area contributed by atoms with E-state index in [1.165, 1.54) is 19.3 Å². The van der Waals surface area contributed by atoms with Crippen molar-refractivity contribution in [1.82, 2.24) is 15.3 Å². The van der Waals surface area contributed by atoms with Crippen molar-refractivity contribution < 1.29 is 9.90 Å². The van der Waals surface area contributed by atoms with E-state index < -0.39 is 11.0 Å². The standard InChI is InChI=1S/C23H36BN3O2/c1-22(2,29)19-16-18(25-20(26-19)17-12-8-9-13-17)21(28)27-23(24)14-10-6-4-3-5-7-11-15-23/h16-17,29H,3-15H2,1-2H3,(H,27,28). The maximum absolute atomic E-state index is 13.2. The number of hydrogen-bond acceptors (Lipinski definition) is 4. The second kappa shape index (κ2) is 9.59. The molecule has 0 aliphatic heterocycles.